The molecule has 112 valence electrons. The SMILES string of the molecule is CC(C)NCc1ccccc1OCc1ccc(F)cc1Cl. The smallest absolute Gasteiger partial charge is 0.124 e. The van der Waals surface area contributed by atoms with Gasteiger partial charge in [-0.3, -0.25) is 0 Å². The Hall–Kier alpha value is -1.58. The molecule has 0 aliphatic heterocycles. The minimum Gasteiger partial charge on any atom is -0.489 e. The van der Waals surface area contributed by atoms with Crippen molar-refractivity contribution in [3.8, 4) is 5.75 Å². The van der Waals surface area contributed by atoms with Crippen molar-refractivity contribution in [1.82, 2.24) is 5.32 Å². The zero-order valence-electron chi connectivity index (χ0n) is 12.2. The molecule has 0 aliphatic rings. The highest BCUT2D eigenvalue weighted by atomic mass is 35.5. The second kappa shape index (κ2) is 7.43. The third kappa shape index (κ3) is 4.73. The zero-order chi connectivity index (χ0) is 15.2. The van der Waals surface area contributed by atoms with Crippen molar-refractivity contribution in [2.45, 2.75) is 33.0 Å². The van der Waals surface area contributed by atoms with Gasteiger partial charge in [0.15, 0.2) is 0 Å². The van der Waals surface area contributed by atoms with Crippen LogP contribution in [0.3, 0.4) is 0 Å². The Bertz CT molecular complexity index is 601. The molecule has 0 atom stereocenters. The lowest BCUT2D eigenvalue weighted by molar-refractivity contribution is 0.301. The van der Waals surface area contributed by atoms with Crippen LogP contribution in [0, 0.1) is 5.82 Å². The third-order valence-corrected chi connectivity index (χ3v) is 3.42. The van der Waals surface area contributed by atoms with Crippen LogP contribution in [0.4, 0.5) is 4.39 Å². The maximum absolute atomic E-state index is 13.0. The van der Waals surface area contributed by atoms with E-state index >= 15 is 0 Å². The molecular weight excluding hydrogens is 289 g/mol. The molecule has 0 fully saturated rings. The Balaban J connectivity index is 2.05. The first kappa shape index (κ1) is 15.8. The average molecular weight is 308 g/mol. The van der Waals surface area contributed by atoms with Gasteiger partial charge in [0.1, 0.15) is 18.2 Å². The molecule has 21 heavy (non-hydrogen) atoms. The van der Waals surface area contributed by atoms with Crippen molar-refractivity contribution in [2.24, 2.45) is 0 Å². The fraction of sp³-hybridized carbons (Fsp3) is 0.294. The number of para-hydroxylation sites is 1. The number of hydrogen-bond acceptors (Lipinski definition) is 2. The van der Waals surface area contributed by atoms with Gasteiger partial charge in [0.2, 0.25) is 0 Å². The maximum atomic E-state index is 13.0. The Morgan fingerprint density at radius 2 is 1.90 bits per heavy atom. The largest absolute Gasteiger partial charge is 0.489 e. The lowest BCUT2D eigenvalue weighted by Gasteiger charge is -2.14. The molecule has 0 heterocycles. The molecule has 0 saturated carbocycles. The van der Waals surface area contributed by atoms with Crippen LogP contribution in [-0.4, -0.2) is 6.04 Å². The summed E-state index contributed by atoms with van der Waals surface area (Å²) < 4.78 is 18.8. The van der Waals surface area contributed by atoms with Crippen LogP contribution in [0.25, 0.3) is 0 Å². The number of ether oxygens (including phenoxy) is 1. The summed E-state index contributed by atoms with van der Waals surface area (Å²) in [5, 5.41) is 3.75. The fourth-order valence-corrected chi connectivity index (χ4v) is 2.12. The third-order valence-electron chi connectivity index (χ3n) is 3.07. The van der Waals surface area contributed by atoms with E-state index in [1.54, 1.807) is 6.07 Å². The van der Waals surface area contributed by atoms with Crippen molar-refractivity contribution >= 4 is 11.6 Å². The van der Waals surface area contributed by atoms with Crippen LogP contribution in [0.1, 0.15) is 25.0 Å². The summed E-state index contributed by atoms with van der Waals surface area (Å²) in [6.45, 7) is 5.26. The van der Waals surface area contributed by atoms with Crippen LogP contribution < -0.4 is 10.1 Å². The van der Waals surface area contributed by atoms with Gasteiger partial charge in [-0.05, 0) is 18.2 Å². The Morgan fingerprint density at radius 1 is 1.14 bits per heavy atom. The summed E-state index contributed by atoms with van der Waals surface area (Å²) in [4.78, 5) is 0. The summed E-state index contributed by atoms with van der Waals surface area (Å²) in [5.41, 5.74) is 1.86. The van der Waals surface area contributed by atoms with Gasteiger partial charge in [-0.15, -0.1) is 0 Å². The Morgan fingerprint density at radius 3 is 2.62 bits per heavy atom. The summed E-state index contributed by atoms with van der Waals surface area (Å²) >= 11 is 6.01. The van der Waals surface area contributed by atoms with E-state index in [0.717, 1.165) is 23.4 Å². The van der Waals surface area contributed by atoms with Crippen LogP contribution >= 0.6 is 11.6 Å². The number of rotatable bonds is 6. The van der Waals surface area contributed by atoms with Crippen LogP contribution in [0.2, 0.25) is 5.02 Å². The molecule has 0 amide bonds. The second-order valence-corrected chi connectivity index (χ2v) is 5.57. The first-order chi connectivity index (χ1) is 10.1. The highest BCUT2D eigenvalue weighted by Crippen LogP contribution is 2.22. The van der Waals surface area contributed by atoms with Gasteiger partial charge in [-0.25, -0.2) is 4.39 Å². The topological polar surface area (TPSA) is 21.3 Å². The van der Waals surface area contributed by atoms with E-state index in [4.69, 9.17) is 16.3 Å². The van der Waals surface area contributed by atoms with Gasteiger partial charge < -0.3 is 10.1 Å². The van der Waals surface area contributed by atoms with E-state index in [2.05, 4.69) is 19.2 Å². The Labute approximate surface area is 129 Å². The Kier molecular flexibility index (Phi) is 5.59. The summed E-state index contributed by atoms with van der Waals surface area (Å²) in [6, 6.07) is 12.6. The predicted octanol–water partition coefficient (Wildman–Crippen LogP) is 4.56. The van der Waals surface area contributed by atoms with Crippen molar-refractivity contribution in [3.05, 3.63) is 64.4 Å². The van der Waals surface area contributed by atoms with E-state index < -0.39 is 0 Å². The molecule has 0 bridgehead atoms. The molecule has 1 N–H and O–H groups in total. The molecule has 2 nitrogen and oxygen atoms in total. The first-order valence-electron chi connectivity index (χ1n) is 6.94. The number of hydrogen-bond donors (Lipinski definition) is 1. The summed E-state index contributed by atoms with van der Waals surface area (Å²) in [7, 11) is 0. The van der Waals surface area contributed by atoms with Crippen LogP contribution in [-0.2, 0) is 13.2 Å². The zero-order valence-corrected chi connectivity index (χ0v) is 13.0. The van der Waals surface area contributed by atoms with E-state index in [0.29, 0.717) is 17.7 Å². The molecule has 2 rings (SSSR count). The highest BCUT2D eigenvalue weighted by Gasteiger charge is 2.06. The fourth-order valence-electron chi connectivity index (χ4n) is 1.90. The maximum Gasteiger partial charge on any atom is 0.124 e. The minimum absolute atomic E-state index is 0.317. The molecular formula is C17H19ClFNO. The van der Waals surface area contributed by atoms with Gasteiger partial charge in [-0.1, -0.05) is 49.7 Å². The van der Waals surface area contributed by atoms with Gasteiger partial charge in [0.05, 0.1) is 5.02 Å². The van der Waals surface area contributed by atoms with E-state index in [1.807, 2.05) is 24.3 Å². The molecule has 0 unspecified atom stereocenters. The standard InChI is InChI=1S/C17H19ClFNO/c1-12(2)20-10-13-5-3-4-6-17(13)21-11-14-7-8-15(19)9-16(14)18/h3-9,12,20H,10-11H2,1-2H3. The summed E-state index contributed by atoms with van der Waals surface area (Å²) in [6.07, 6.45) is 0. The van der Waals surface area contributed by atoms with Crippen LogP contribution in [0.5, 0.6) is 5.75 Å². The molecule has 0 aromatic heterocycles. The molecule has 2 aromatic carbocycles. The van der Waals surface area contributed by atoms with Crippen LogP contribution in [0.15, 0.2) is 42.5 Å². The number of benzene rings is 2. The minimum atomic E-state index is -0.342. The predicted molar refractivity (Wildman–Crippen MR) is 84.2 cm³/mol. The lowest BCUT2D eigenvalue weighted by atomic mass is 10.2. The van der Waals surface area contributed by atoms with Crippen molar-refractivity contribution in [2.75, 3.05) is 0 Å². The monoisotopic (exact) mass is 307 g/mol. The number of nitrogens with one attached hydrogen (secondary N) is 1. The molecule has 4 heteroatoms. The van der Waals surface area contributed by atoms with Crippen molar-refractivity contribution in [1.29, 1.82) is 0 Å². The molecule has 0 saturated heterocycles. The van der Waals surface area contributed by atoms with Gasteiger partial charge in [-0.2, -0.15) is 0 Å². The van der Waals surface area contributed by atoms with Crippen molar-refractivity contribution < 1.29 is 9.13 Å². The number of halogens is 2. The van der Waals surface area contributed by atoms with E-state index in [1.165, 1.54) is 12.1 Å². The second-order valence-electron chi connectivity index (χ2n) is 5.17. The lowest BCUT2D eigenvalue weighted by Crippen LogP contribution is -2.22. The molecule has 2 aromatic rings. The summed E-state index contributed by atoms with van der Waals surface area (Å²) in [5.74, 6) is 0.469. The van der Waals surface area contributed by atoms with E-state index in [9.17, 15) is 4.39 Å². The average Bonchev–Trinajstić information content (AvgIpc) is 2.45. The molecule has 0 aliphatic carbocycles. The first-order valence-corrected chi connectivity index (χ1v) is 7.32. The van der Waals surface area contributed by atoms with Crippen molar-refractivity contribution in [3.63, 3.8) is 0 Å². The van der Waals surface area contributed by atoms with Gasteiger partial charge in [0, 0.05) is 23.7 Å². The highest BCUT2D eigenvalue weighted by molar-refractivity contribution is 6.31. The quantitative estimate of drug-likeness (QED) is 0.845. The van der Waals surface area contributed by atoms with Gasteiger partial charge >= 0.3 is 0 Å². The molecule has 0 radical (unpaired) electrons. The van der Waals surface area contributed by atoms with Gasteiger partial charge in [0.25, 0.3) is 0 Å². The molecule has 0 spiro atoms. The normalized spacial score (nSPS) is 10.9. The van der Waals surface area contributed by atoms with E-state index in [-0.39, 0.29) is 5.82 Å².